The lowest BCUT2D eigenvalue weighted by molar-refractivity contribution is 0.147. The Morgan fingerprint density at radius 2 is 1.83 bits per heavy atom. The molecule has 3 amide bonds. The first-order valence-electron chi connectivity index (χ1n) is 9.29. The first-order valence-corrected chi connectivity index (χ1v) is 9.29. The van der Waals surface area contributed by atoms with E-state index in [0.29, 0.717) is 31.9 Å². The van der Waals surface area contributed by atoms with E-state index in [1.54, 1.807) is 24.0 Å². The molecule has 0 spiro atoms. The standard InChI is InChI=1S/C19H22BF2N5O2/c1-12-2-4-14(10-23-12)24-19(29)25-17-15(21)5-3-13(16(17)22)11-26-6-8-27(9-7-26)18(20)28/h2-5,10H,6-9,11,20H2,1H3,(H2,24,25,29). The Morgan fingerprint density at radius 1 is 1.10 bits per heavy atom. The number of nitrogens with one attached hydrogen (secondary N) is 2. The summed E-state index contributed by atoms with van der Waals surface area (Å²) < 4.78 is 29.0. The zero-order valence-electron chi connectivity index (χ0n) is 16.3. The van der Waals surface area contributed by atoms with Crippen molar-refractivity contribution >= 4 is 31.1 Å². The Morgan fingerprint density at radius 3 is 2.45 bits per heavy atom. The molecule has 1 aromatic carbocycles. The number of urea groups is 1. The van der Waals surface area contributed by atoms with Crippen LogP contribution in [-0.4, -0.2) is 60.6 Å². The number of rotatable bonds is 4. The first-order chi connectivity index (χ1) is 13.8. The van der Waals surface area contributed by atoms with E-state index in [0.717, 1.165) is 11.8 Å². The quantitative estimate of drug-likeness (QED) is 0.771. The van der Waals surface area contributed by atoms with E-state index >= 15 is 0 Å². The minimum absolute atomic E-state index is 0.0129. The third-order valence-corrected chi connectivity index (χ3v) is 4.79. The summed E-state index contributed by atoms with van der Waals surface area (Å²) in [6, 6.07) is 5.10. The fourth-order valence-electron chi connectivity index (χ4n) is 3.11. The van der Waals surface area contributed by atoms with Gasteiger partial charge in [-0.3, -0.25) is 14.7 Å². The second-order valence-corrected chi connectivity index (χ2v) is 6.95. The summed E-state index contributed by atoms with van der Waals surface area (Å²) in [6.45, 7) is 4.39. The Kier molecular flexibility index (Phi) is 6.43. The predicted octanol–water partition coefficient (Wildman–Crippen LogP) is 2.18. The minimum atomic E-state index is -0.857. The third-order valence-electron chi connectivity index (χ3n) is 4.79. The number of aromatic nitrogens is 1. The van der Waals surface area contributed by atoms with Crippen molar-refractivity contribution in [1.82, 2.24) is 14.8 Å². The van der Waals surface area contributed by atoms with Crippen molar-refractivity contribution in [3.8, 4) is 0 Å². The van der Waals surface area contributed by atoms with Gasteiger partial charge in [0.25, 0.3) is 0 Å². The Bertz CT molecular complexity index is 902. The lowest BCUT2D eigenvalue weighted by Gasteiger charge is -2.34. The molecule has 1 aliphatic rings. The van der Waals surface area contributed by atoms with Crippen LogP contribution in [0.1, 0.15) is 11.3 Å². The molecule has 1 saturated heterocycles. The van der Waals surface area contributed by atoms with Crippen molar-refractivity contribution in [2.24, 2.45) is 0 Å². The van der Waals surface area contributed by atoms with Crippen LogP contribution in [0.5, 0.6) is 0 Å². The van der Waals surface area contributed by atoms with E-state index in [1.807, 2.05) is 4.90 Å². The maximum atomic E-state index is 14.9. The molecule has 2 heterocycles. The van der Waals surface area contributed by atoms with Crippen molar-refractivity contribution in [2.45, 2.75) is 13.5 Å². The molecular formula is C19H22BF2N5O2. The third kappa shape index (κ3) is 5.29. The fraction of sp³-hybridized carbons (Fsp3) is 0.316. The summed E-state index contributed by atoms with van der Waals surface area (Å²) in [7, 11) is 1.52. The summed E-state index contributed by atoms with van der Waals surface area (Å²) >= 11 is 0. The van der Waals surface area contributed by atoms with Gasteiger partial charge in [-0.15, -0.1) is 0 Å². The topological polar surface area (TPSA) is 77.6 Å². The number of hydrogen-bond acceptors (Lipinski definition) is 4. The van der Waals surface area contributed by atoms with Gasteiger partial charge in [0, 0.05) is 44.0 Å². The van der Waals surface area contributed by atoms with Gasteiger partial charge < -0.3 is 15.5 Å². The van der Waals surface area contributed by atoms with Gasteiger partial charge in [0.05, 0.1) is 11.9 Å². The number of piperazine rings is 1. The summed E-state index contributed by atoms with van der Waals surface area (Å²) in [5.74, 6) is -1.65. The number of pyridine rings is 1. The second-order valence-electron chi connectivity index (χ2n) is 6.95. The fourth-order valence-corrected chi connectivity index (χ4v) is 3.11. The molecule has 10 heteroatoms. The number of aryl methyl sites for hydroxylation is 1. The molecule has 0 bridgehead atoms. The van der Waals surface area contributed by atoms with Crippen molar-refractivity contribution < 1.29 is 18.4 Å². The van der Waals surface area contributed by atoms with Gasteiger partial charge >= 0.3 is 6.03 Å². The highest BCUT2D eigenvalue weighted by Gasteiger charge is 2.22. The number of amides is 3. The molecule has 7 nitrogen and oxygen atoms in total. The molecule has 2 N–H and O–H groups in total. The number of hydrogen-bond donors (Lipinski definition) is 2. The molecule has 1 aromatic heterocycles. The molecule has 1 aliphatic heterocycles. The van der Waals surface area contributed by atoms with Gasteiger partial charge in [0.1, 0.15) is 11.5 Å². The van der Waals surface area contributed by atoms with Gasteiger partial charge in [0.2, 0.25) is 7.85 Å². The molecule has 0 radical (unpaired) electrons. The van der Waals surface area contributed by atoms with Gasteiger partial charge in [-0.25, -0.2) is 13.6 Å². The van der Waals surface area contributed by atoms with E-state index in [9.17, 15) is 18.4 Å². The van der Waals surface area contributed by atoms with E-state index in [2.05, 4.69) is 15.6 Å². The van der Waals surface area contributed by atoms with Crippen LogP contribution in [0.3, 0.4) is 0 Å². The van der Waals surface area contributed by atoms with Gasteiger partial charge in [-0.1, -0.05) is 6.07 Å². The number of carbonyl (C=O) groups excluding carboxylic acids is 2. The van der Waals surface area contributed by atoms with Crippen molar-refractivity contribution in [2.75, 3.05) is 36.8 Å². The zero-order chi connectivity index (χ0) is 21.0. The molecule has 0 saturated carbocycles. The summed E-state index contributed by atoms with van der Waals surface area (Å²) in [5.41, 5.74) is 0.968. The van der Waals surface area contributed by atoms with Crippen LogP contribution < -0.4 is 10.6 Å². The summed E-state index contributed by atoms with van der Waals surface area (Å²) in [4.78, 5) is 31.3. The average Bonchev–Trinajstić information content (AvgIpc) is 2.69. The van der Waals surface area contributed by atoms with Crippen LogP contribution in [0.15, 0.2) is 30.5 Å². The highest BCUT2D eigenvalue weighted by Crippen LogP contribution is 2.24. The Hall–Kier alpha value is -3.01. The molecule has 0 unspecified atom stereocenters. The summed E-state index contributed by atoms with van der Waals surface area (Å²) in [6.07, 6.45) is 1.46. The Labute approximate surface area is 168 Å². The van der Waals surface area contributed by atoms with Crippen LogP contribution in [0, 0.1) is 18.6 Å². The number of carbonyl (C=O) groups is 2. The highest BCUT2D eigenvalue weighted by atomic mass is 19.1. The first kappa shape index (κ1) is 20.7. The SMILES string of the molecule is BC(=O)N1CCN(Cc2ccc(F)c(NC(=O)Nc3ccc(C)nc3)c2F)CC1. The smallest absolute Gasteiger partial charge is 0.323 e. The zero-order valence-corrected chi connectivity index (χ0v) is 16.3. The maximum Gasteiger partial charge on any atom is 0.323 e. The average molecular weight is 401 g/mol. The highest BCUT2D eigenvalue weighted by molar-refractivity contribution is 6.56. The van der Waals surface area contributed by atoms with Crippen molar-refractivity contribution in [3.05, 3.63) is 53.4 Å². The lowest BCUT2D eigenvalue weighted by atomic mass is 10.1. The van der Waals surface area contributed by atoms with E-state index in [-0.39, 0.29) is 17.9 Å². The van der Waals surface area contributed by atoms with E-state index < -0.39 is 23.4 Å². The van der Waals surface area contributed by atoms with E-state index in [1.165, 1.54) is 20.1 Å². The van der Waals surface area contributed by atoms with Crippen LogP contribution in [0.25, 0.3) is 0 Å². The molecule has 3 rings (SSSR count). The largest absolute Gasteiger partial charge is 0.349 e. The molecular weight excluding hydrogens is 379 g/mol. The number of benzene rings is 1. The van der Waals surface area contributed by atoms with Crippen molar-refractivity contribution in [1.29, 1.82) is 0 Å². The van der Waals surface area contributed by atoms with E-state index in [4.69, 9.17) is 0 Å². The van der Waals surface area contributed by atoms with Gasteiger partial charge in [0.15, 0.2) is 11.6 Å². The number of nitrogens with zero attached hydrogens (tertiary/aromatic N) is 3. The van der Waals surface area contributed by atoms with Crippen LogP contribution in [0.2, 0.25) is 0 Å². The molecule has 0 aliphatic carbocycles. The molecule has 0 atom stereocenters. The van der Waals surface area contributed by atoms with Crippen molar-refractivity contribution in [3.63, 3.8) is 0 Å². The molecule has 1 fully saturated rings. The van der Waals surface area contributed by atoms with Crippen LogP contribution in [-0.2, 0) is 6.54 Å². The Balaban J connectivity index is 1.66. The van der Waals surface area contributed by atoms with Gasteiger partial charge in [-0.2, -0.15) is 0 Å². The molecule has 29 heavy (non-hydrogen) atoms. The minimum Gasteiger partial charge on any atom is -0.349 e. The van der Waals surface area contributed by atoms with Crippen LogP contribution >= 0.6 is 0 Å². The molecule has 2 aromatic rings. The molecule has 152 valence electrons. The van der Waals surface area contributed by atoms with Crippen LogP contribution in [0.4, 0.5) is 29.7 Å². The maximum absolute atomic E-state index is 14.9. The monoisotopic (exact) mass is 401 g/mol. The lowest BCUT2D eigenvalue weighted by Crippen LogP contribution is -2.48. The predicted molar refractivity (Wildman–Crippen MR) is 109 cm³/mol. The number of halogens is 2. The number of anilines is 2. The summed E-state index contributed by atoms with van der Waals surface area (Å²) in [5, 5.41) is 4.74. The van der Waals surface area contributed by atoms with Gasteiger partial charge in [-0.05, 0) is 25.1 Å². The normalized spacial score (nSPS) is 14.5. The second kappa shape index (κ2) is 9.00.